The highest BCUT2D eigenvalue weighted by Crippen LogP contribution is 2.44. The first-order valence-corrected chi connectivity index (χ1v) is 5.85. The van der Waals surface area contributed by atoms with Crippen LogP contribution >= 0.6 is 11.8 Å². The number of carboxylic acid groups (broad SMARTS) is 1. The maximum atomic E-state index is 11.1. The summed E-state index contributed by atoms with van der Waals surface area (Å²) in [7, 11) is 0. The Balaban J connectivity index is 2.16. The molecule has 4 heteroatoms. The highest BCUT2D eigenvalue weighted by Gasteiger charge is 2.46. The van der Waals surface area contributed by atoms with Crippen molar-refractivity contribution in [2.45, 2.75) is 30.6 Å². The second-order valence-electron chi connectivity index (χ2n) is 3.80. The van der Waals surface area contributed by atoms with Crippen molar-refractivity contribution in [3.05, 3.63) is 0 Å². The first kappa shape index (κ1) is 9.34. The van der Waals surface area contributed by atoms with Gasteiger partial charge in [0, 0.05) is 12.3 Å². The molecule has 0 amide bonds. The van der Waals surface area contributed by atoms with Gasteiger partial charge < -0.3 is 10.4 Å². The zero-order valence-corrected chi connectivity index (χ0v) is 8.40. The molecule has 1 spiro atoms. The Morgan fingerprint density at radius 1 is 1.54 bits per heavy atom. The minimum atomic E-state index is -0.624. The second-order valence-corrected chi connectivity index (χ2v) is 5.23. The van der Waals surface area contributed by atoms with Crippen LogP contribution < -0.4 is 5.32 Å². The fourth-order valence-corrected chi connectivity index (χ4v) is 3.88. The van der Waals surface area contributed by atoms with Crippen LogP contribution in [0.25, 0.3) is 0 Å². The topological polar surface area (TPSA) is 49.3 Å². The molecule has 74 valence electrons. The van der Waals surface area contributed by atoms with Gasteiger partial charge >= 0.3 is 5.97 Å². The molecule has 13 heavy (non-hydrogen) atoms. The number of hydrogen-bond acceptors (Lipinski definition) is 3. The molecule has 0 aromatic heterocycles. The molecule has 1 aliphatic carbocycles. The van der Waals surface area contributed by atoms with Crippen LogP contribution in [0.1, 0.15) is 25.7 Å². The smallest absolute Gasteiger partial charge is 0.309 e. The molecular weight excluding hydrogens is 186 g/mol. The van der Waals surface area contributed by atoms with Crippen LogP contribution in [0.3, 0.4) is 0 Å². The molecule has 3 nitrogen and oxygen atoms in total. The highest BCUT2D eigenvalue weighted by molar-refractivity contribution is 8.00. The van der Waals surface area contributed by atoms with E-state index in [2.05, 4.69) is 5.32 Å². The normalized spacial score (nSPS) is 39.5. The van der Waals surface area contributed by atoms with Crippen molar-refractivity contribution in [2.75, 3.05) is 12.3 Å². The van der Waals surface area contributed by atoms with Gasteiger partial charge in [-0.25, -0.2) is 0 Å². The number of carboxylic acids is 1. The lowest BCUT2D eigenvalue weighted by Gasteiger charge is -2.38. The van der Waals surface area contributed by atoms with E-state index in [1.54, 1.807) is 0 Å². The van der Waals surface area contributed by atoms with Gasteiger partial charge in [-0.05, 0) is 12.8 Å². The van der Waals surface area contributed by atoms with E-state index in [-0.39, 0.29) is 10.8 Å². The van der Waals surface area contributed by atoms with E-state index in [0.717, 1.165) is 31.6 Å². The number of aliphatic carboxylic acids is 1. The quantitative estimate of drug-likeness (QED) is 0.671. The van der Waals surface area contributed by atoms with E-state index >= 15 is 0 Å². The first-order valence-electron chi connectivity index (χ1n) is 4.86. The fraction of sp³-hybridized carbons (Fsp3) is 0.889. The molecule has 0 unspecified atom stereocenters. The van der Waals surface area contributed by atoms with Crippen molar-refractivity contribution in [1.82, 2.24) is 5.32 Å². The third-order valence-electron chi connectivity index (χ3n) is 3.04. The van der Waals surface area contributed by atoms with Crippen LogP contribution in [0.15, 0.2) is 0 Å². The number of hydrogen-bond donors (Lipinski definition) is 2. The van der Waals surface area contributed by atoms with Crippen molar-refractivity contribution in [2.24, 2.45) is 5.92 Å². The fourth-order valence-electron chi connectivity index (χ4n) is 2.40. The molecule has 2 fully saturated rings. The molecule has 1 saturated heterocycles. The Labute approximate surface area is 82.3 Å². The molecule has 1 heterocycles. The predicted molar refractivity (Wildman–Crippen MR) is 52.8 cm³/mol. The van der Waals surface area contributed by atoms with Crippen LogP contribution in [0.4, 0.5) is 0 Å². The molecule has 2 aliphatic rings. The lowest BCUT2D eigenvalue weighted by Crippen LogP contribution is -2.49. The number of carbonyl (C=O) groups is 1. The number of thioether (sulfide) groups is 1. The maximum absolute atomic E-state index is 11.1. The van der Waals surface area contributed by atoms with Gasteiger partial charge in [-0.3, -0.25) is 4.79 Å². The number of nitrogens with one attached hydrogen (secondary N) is 1. The van der Waals surface area contributed by atoms with E-state index in [1.807, 2.05) is 11.8 Å². The Hall–Kier alpha value is -0.220. The van der Waals surface area contributed by atoms with Crippen molar-refractivity contribution in [3.8, 4) is 0 Å². The number of rotatable bonds is 1. The minimum Gasteiger partial charge on any atom is -0.481 e. The highest BCUT2D eigenvalue weighted by atomic mass is 32.2. The van der Waals surface area contributed by atoms with Gasteiger partial charge in [0.15, 0.2) is 0 Å². The van der Waals surface area contributed by atoms with Crippen LogP contribution in [-0.4, -0.2) is 28.2 Å². The van der Waals surface area contributed by atoms with Gasteiger partial charge in [0.25, 0.3) is 0 Å². The monoisotopic (exact) mass is 201 g/mol. The third-order valence-corrected chi connectivity index (χ3v) is 4.59. The van der Waals surface area contributed by atoms with Gasteiger partial charge in [-0.1, -0.05) is 12.8 Å². The summed E-state index contributed by atoms with van der Waals surface area (Å²) in [5, 5.41) is 12.5. The summed E-state index contributed by atoms with van der Waals surface area (Å²) >= 11 is 1.81. The Bertz CT molecular complexity index is 214. The van der Waals surface area contributed by atoms with Gasteiger partial charge in [-0.2, -0.15) is 0 Å². The van der Waals surface area contributed by atoms with Crippen LogP contribution in [0, 0.1) is 5.92 Å². The molecule has 1 aliphatic heterocycles. The van der Waals surface area contributed by atoms with E-state index < -0.39 is 5.97 Å². The first-order chi connectivity index (χ1) is 6.25. The third kappa shape index (κ3) is 1.57. The molecule has 0 aromatic rings. The Kier molecular flexibility index (Phi) is 2.51. The zero-order valence-electron chi connectivity index (χ0n) is 7.58. The van der Waals surface area contributed by atoms with Crippen LogP contribution in [0.5, 0.6) is 0 Å². The van der Waals surface area contributed by atoms with Gasteiger partial charge in [-0.15, -0.1) is 11.8 Å². The SMILES string of the molecule is O=C(O)[C@H]1CCCC[C@@]12NCCS2. The van der Waals surface area contributed by atoms with E-state index in [1.165, 1.54) is 6.42 Å². The molecule has 2 N–H and O–H groups in total. The minimum absolute atomic E-state index is 0.121. The van der Waals surface area contributed by atoms with Gasteiger partial charge in [0.2, 0.25) is 0 Å². The van der Waals surface area contributed by atoms with E-state index in [9.17, 15) is 4.79 Å². The maximum Gasteiger partial charge on any atom is 0.309 e. The summed E-state index contributed by atoms with van der Waals surface area (Å²) in [5.41, 5.74) is 0. The van der Waals surface area contributed by atoms with Gasteiger partial charge in [0.05, 0.1) is 10.8 Å². The molecule has 2 rings (SSSR count). The Morgan fingerprint density at radius 2 is 2.38 bits per heavy atom. The summed E-state index contributed by atoms with van der Waals surface area (Å²) in [6, 6.07) is 0. The average molecular weight is 201 g/mol. The molecule has 0 radical (unpaired) electrons. The van der Waals surface area contributed by atoms with Crippen molar-refractivity contribution < 1.29 is 9.90 Å². The summed E-state index contributed by atoms with van der Waals surface area (Å²) < 4.78 is 0. The molecule has 1 saturated carbocycles. The lowest BCUT2D eigenvalue weighted by atomic mass is 9.84. The van der Waals surface area contributed by atoms with Crippen LogP contribution in [0.2, 0.25) is 0 Å². The van der Waals surface area contributed by atoms with E-state index in [0.29, 0.717) is 0 Å². The van der Waals surface area contributed by atoms with Crippen LogP contribution in [-0.2, 0) is 4.79 Å². The van der Waals surface area contributed by atoms with Crippen molar-refractivity contribution >= 4 is 17.7 Å². The lowest BCUT2D eigenvalue weighted by molar-refractivity contribution is -0.144. The summed E-state index contributed by atoms with van der Waals surface area (Å²) in [6.07, 6.45) is 4.11. The second kappa shape index (κ2) is 3.50. The van der Waals surface area contributed by atoms with E-state index in [4.69, 9.17) is 5.11 Å². The zero-order chi connectivity index (χ0) is 9.31. The molecule has 2 atom stereocenters. The average Bonchev–Trinajstić information content (AvgIpc) is 2.54. The van der Waals surface area contributed by atoms with Crippen molar-refractivity contribution in [3.63, 3.8) is 0 Å². The Morgan fingerprint density at radius 3 is 3.00 bits per heavy atom. The molecule has 0 bridgehead atoms. The molecule has 0 aromatic carbocycles. The molecular formula is C9H15NO2S. The van der Waals surface area contributed by atoms with Gasteiger partial charge in [0.1, 0.15) is 0 Å². The van der Waals surface area contributed by atoms with Crippen molar-refractivity contribution in [1.29, 1.82) is 0 Å². The summed E-state index contributed by atoms with van der Waals surface area (Å²) in [4.78, 5) is 10.9. The largest absolute Gasteiger partial charge is 0.481 e. The standard InChI is InChI=1S/C9H15NO2S/c11-8(12)7-3-1-2-4-9(7)10-5-6-13-9/h7,10H,1-6H2,(H,11,12)/t7-,9+/m1/s1. The predicted octanol–water partition coefficient (Wildman–Crippen LogP) is 1.29. The summed E-state index contributed by atoms with van der Waals surface area (Å²) in [6.45, 7) is 0.967. The summed E-state index contributed by atoms with van der Waals surface area (Å²) in [5.74, 6) is 0.263.